The number of benzene rings is 2. The van der Waals surface area contributed by atoms with Gasteiger partial charge < -0.3 is 0 Å². The van der Waals surface area contributed by atoms with Gasteiger partial charge in [-0.05, 0) is 49.5 Å². The summed E-state index contributed by atoms with van der Waals surface area (Å²) in [4.78, 5) is 0. The average molecular weight is 262 g/mol. The molecule has 0 aliphatic rings. The molecule has 0 atom stereocenters. The van der Waals surface area contributed by atoms with Gasteiger partial charge in [-0.3, -0.25) is 0 Å². The van der Waals surface area contributed by atoms with E-state index in [-0.39, 0.29) is 0 Å². The lowest BCUT2D eigenvalue weighted by Crippen LogP contribution is -1.96. The maximum Gasteiger partial charge on any atom is -0.00195 e. The van der Waals surface area contributed by atoms with Crippen molar-refractivity contribution in [2.24, 2.45) is 0 Å². The van der Waals surface area contributed by atoms with Gasteiger partial charge in [0.1, 0.15) is 0 Å². The molecule has 0 saturated carbocycles. The maximum absolute atomic E-state index is 4.10. The van der Waals surface area contributed by atoms with Crippen molar-refractivity contribution in [2.75, 3.05) is 0 Å². The molecule has 0 fully saturated rings. The Morgan fingerprint density at radius 1 is 1.10 bits per heavy atom. The molecule has 0 aliphatic heterocycles. The van der Waals surface area contributed by atoms with Gasteiger partial charge >= 0.3 is 0 Å². The van der Waals surface area contributed by atoms with Crippen LogP contribution in [0.1, 0.15) is 36.1 Å². The Labute approximate surface area is 122 Å². The Bertz CT molecular complexity index is 645. The zero-order valence-corrected chi connectivity index (χ0v) is 12.6. The van der Waals surface area contributed by atoms with Crippen molar-refractivity contribution in [3.63, 3.8) is 0 Å². The Morgan fingerprint density at radius 2 is 1.85 bits per heavy atom. The normalized spacial score (nSPS) is 11.4. The summed E-state index contributed by atoms with van der Waals surface area (Å²) >= 11 is 0. The molecule has 0 N–H and O–H groups in total. The van der Waals surface area contributed by atoms with Gasteiger partial charge in [-0.2, -0.15) is 0 Å². The molecule has 0 heteroatoms. The summed E-state index contributed by atoms with van der Waals surface area (Å²) in [5.41, 5.74) is 7.68. The molecule has 20 heavy (non-hydrogen) atoms. The van der Waals surface area contributed by atoms with Gasteiger partial charge in [0.25, 0.3) is 0 Å². The topological polar surface area (TPSA) is 0 Å². The van der Waals surface area contributed by atoms with Crippen LogP contribution in [0.15, 0.2) is 66.8 Å². The van der Waals surface area contributed by atoms with Crippen molar-refractivity contribution in [3.8, 4) is 0 Å². The van der Waals surface area contributed by atoms with E-state index >= 15 is 0 Å². The second kappa shape index (κ2) is 6.38. The first-order chi connectivity index (χ1) is 9.61. The minimum atomic E-state index is 0.961. The van der Waals surface area contributed by atoms with E-state index in [1.165, 1.54) is 27.8 Å². The van der Waals surface area contributed by atoms with Gasteiger partial charge in [0.2, 0.25) is 0 Å². The van der Waals surface area contributed by atoms with Gasteiger partial charge in [-0.1, -0.05) is 72.3 Å². The van der Waals surface area contributed by atoms with Crippen LogP contribution >= 0.6 is 0 Å². The smallest absolute Gasteiger partial charge is 0.00195 e. The van der Waals surface area contributed by atoms with Gasteiger partial charge in [-0.15, -0.1) is 0 Å². The van der Waals surface area contributed by atoms with Crippen LogP contribution in [0.4, 0.5) is 0 Å². The first-order valence-corrected chi connectivity index (χ1v) is 7.08. The van der Waals surface area contributed by atoms with Crippen LogP contribution < -0.4 is 0 Å². The highest BCUT2D eigenvalue weighted by Gasteiger charge is 2.08. The van der Waals surface area contributed by atoms with Crippen LogP contribution in [0.25, 0.3) is 5.57 Å². The number of allylic oxidation sites excluding steroid dienone is 3. The maximum atomic E-state index is 4.10. The second-order valence-corrected chi connectivity index (χ2v) is 5.31. The lowest BCUT2D eigenvalue weighted by Gasteiger charge is -2.13. The van der Waals surface area contributed by atoms with Crippen molar-refractivity contribution in [3.05, 3.63) is 89.0 Å². The van der Waals surface area contributed by atoms with E-state index in [2.05, 4.69) is 82.0 Å². The molecule has 2 rings (SSSR count). The molecule has 2 aromatic carbocycles. The molecule has 0 saturated heterocycles. The first-order valence-electron chi connectivity index (χ1n) is 7.08. The van der Waals surface area contributed by atoms with Crippen LogP contribution in [0.3, 0.4) is 0 Å². The van der Waals surface area contributed by atoms with Gasteiger partial charge in [0.05, 0.1) is 0 Å². The van der Waals surface area contributed by atoms with Crippen molar-refractivity contribution in [2.45, 2.75) is 27.2 Å². The molecule has 0 heterocycles. The number of aryl methyl sites for hydroxylation is 1. The SMILES string of the molecule is C=C(C)/C(=C/C)c1ccccc1Cc1cccc(C)c1. The molecule has 2 aromatic rings. The Kier molecular flexibility index (Phi) is 4.57. The molecule has 0 bridgehead atoms. The summed E-state index contributed by atoms with van der Waals surface area (Å²) in [6, 6.07) is 17.3. The third kappa shape index (κ3) is 3.27. The standard InChI is InChI=1S/C20H22/c1-5-19(15(2)3)20-12-7-6-11-18(20)14-17-10-8-9-16(4)13-17/h5-13H,2,14H2,1,3-4H3/b19-5-. The Hall–Kier alpha value is -2.08. The van der Waals surface area contributed by atoms with Crippen LogP contribution in [-0.4, -0.2) is 0 Å². The van der Waals surface area contributed by atoms with E-state index in [0.29, 0.717) is 0 Å². The second-order valence-electron chi connectivity index (χ2n) is 5.31. The Balaban J connectivity index is 2.40. The highest BCUT2D eigenvalue weighted by atomic mass is 14.1. The molecular formula is C20H22. The zero-order chi connectivity index (χ0) is 14.5. The van der Waals surface area contributed by atoms with Crippen LogP contribution in [-0.2, 0) is 6.42 Å². The molecule has 0 nitrogen and oxygen atoms in total. The fourth-order valence-electron chi connectivity index (χ4n) is 2.61. The van der Waals surface area contributed by atoms with Crippen molar-refractivity contribution in [1.29, 1.82) is 0 Å². The largest absolute Gasteiger partial charge is 0.0955 e. The van der Waals surface area contributed by atoms with Gasteiger partial charge in [-0.25, -0.2) is 0 Å². The average Bonchev–Trinajstić information content (AvgIpc) is 2.41. The molecule has 0 unspecified atom stereocenters. The summed E-state index contributed by atoms with van der Waals surface area (Å²) in [6.07, 6.45) is 3.11. The number of rotatable bonds is 4. The summed E-state index contributed by atoms with van der Waals surface area (Å²) in [5, 5.41) is 0. The summed E-state index contributed by atoms with van der Waals surface area (Å²) < 4.78 is 0. The first kappa shape index (κ1) is 14.3. The lowest BCUT2D eigenvalue weighted by atomic mass is 9.91. The van der Waals surface area contributed by atoms with Crippen LogP contribution in [0, 0.1) is 6.92 Å². The highest BCUT2D eigenvalue weighted by Crippen LogP contribution is 2.26. The van der Waals surface area contributed by atoms with E-state index < -0.39 is 0 Å². The molecule has 0 amide bonds. The Morgan fingerprint density at radius 3 is 2.50 bits per heavy atom. The van der Waals surface area contributed by atoms with Crippen LogP contribution in [0.5, 0.6) is 0 Å². The monoisotopic (exact) mass is 262 g/mol. The molecule has 102 valence electrons. The minimum Gasteiger partial charge on any atom is -0.0955 e. The van der Waals surface area contributed by atoms with Gasteiger partial charge in [0, 0.05) is 0 Å². The summed E-state index contributed by atoms with van der Waals surface area (Å²) in [7, 11) is 0. The molecule has 0 radical (unpaired) electrons. The molecule has 0 aromatic heterocycles. The predicted molar refractivity (Wildman–Crippen MR) is 88.9 cm³/mol. The molecule has 0 spiro atoms. The summed E-state index contributed by atoms with van der Waals surface area (Å²) in [5.74, 6) is 0. The van der Waals surface area contributed by atoms with E-state index in [1.807, 2.05) is 0 Å². The third-order valence-electron chi connectivity index (χ3n) is 3.53. The van der Waals surface area contributed by atoms with E-state index in [0.717, 1.165) is 12.0 Å². The van der Waals surface area contributed by atoms with Crippen molar-refractivity contribution >= 4 is 5.57 Å². The zero-order valence-electron chi connectivity index (χ0n) is 12.6. The van der Waals surface area contributed by atoms with Crippen molar-refractivity contribution in [1.82, 2.24) is 0 Å². The van der Waals surface area contributed by atoms with E-state index in [4.69, 9.17) is 0 Å². The molecular weight excluding hydrogens is 240 g/mol. The third-order valence-corrected chi connectivity index (χ3v) is 3.53. The van der Waals surface area contributed by atoms with Crippen LogP contribution in [0.2, 0.25) is 0 Å². The lowest BCUT2D eigenvalue weighted by molar-refractivity contribution is 1.17. The number of hydrogen-bond acceptors (Lipinski definition) is 0. The predicted octanol–water partition coefficient (Wildman–Crippen LogP) is 5.57. The van der Waals surface area contributed by atoms with Crippen molar-refractivity contribution < 1.29 is 0 Å². The fourth-order valence-corrected chi connectivity index (χ4v) is 2.61. The minimum absolute atomic E-state index is 0.961. The number of hydrogen-bond donors (Lipinski definition) is 0. The fraction of sp³-hybridized carbons (Fsp3) is 0.200. The van der Waals surface area contributed by atoms with E-state index in [9.17, 15) is 0 Å². The highest BCUT2D eigenvalue weighted by molar-refractivity contribution is 5.79. The van der Waals surface area contributed by atoms with E-state index in [1.54, 1.807) is 0 Å². The molecule has 0 aliphatic carbocycles. The van der Waals surface area contributed by atoms with Gasteiger partial charge in [0.15, 0.2) is 0 Å². The summed E-state index contributed by atoms with van der Waals surface area (Å²) in [6.45, 7) is 10.4. The quantitative estimate of drug-likeness (QED) is 0.632.